The molecule has 5 rings (SSSR count). The highest BCUT2D eigenvalue weighted by atomic mass is 32.1. The van der Waals surface area contributed by atoms with Crippen LogP contribution in [0.1, 0.15) is 0 Å². The summed E-state index contributed by atoms with van der Waals surface area (Å²) in [5.41, 5.74) is 2.86. The summed E-state index contributed by atoms with van der Waals surface area (Å²) in [4.78, 5) is 2.39. The highest BCUT2D eigenvalue weighted by Crippen LogP contribution is 2.45. The summed E-state index contributed by atoms with van der Waals surface area (Å²) in [6.07, 6.45) is 0. The molecule has 0 saturated carbocycles. The molecule has 2 nitrogen and oxygen atoms in total. The maximum Gasteiger partial charge on any atom is 0.488 e. The van der Waals surface area contributed by atoms with Crippen molar-refractivity contribution in [1.82, 2.24) is 0 Å². The van der Waals surface area contributed by atoms with E-state index in [0.717, 1.165) is 16.3 Å². The molecule has 0 aliphatic heterocycles. The van der Waals surface area contributed by atoms with Gasteiger partial charge in [0.05, 0.1) is 0 Å². The summed E-state index contributed by atoms with van der Waals surface area (Å²) in [5.74, 6) is 0. The Morgan fingerprint density at radius 3 is 1.67 bits per heavy atom. The van der Waals surface area contributed by atoms with E-state index in [1.807, 2.05) is 12.1 Å². The Labute approximate surface area is 165 Å². The molecule has 0 unspecified atom stereocenters. The lowest BCUT2D eigenvalue weighted by molar-refractivity contribution is 0.426. The molecule has 0 aliphatic rings. The average Bonchev–Trinajstić information content (AvgIpc) is 3.39. The normalized spacial score (nSPS) is 11.3. The molecule has 0 atom stereocenters. The minimum atomic E-state index is -1.48. The SMILES string of the molecule is OB(O)c1ccc2c(-c3cccs3)c3ccccc3c(-c3cccs3)c2c1. The number of hydrogen-bond acceptors (Lipinski definition) is 4. The highest BCUT2D eigenvalue weighted by Gasteiger charge is 2.19. The smallest absolute Gasteiger partial charge is 0.423 e. The van der Waals surface area contributed by atoms with Crippen molar-refractivity contribution in [3.63, 3.8) is 0 Å². The molecule has 5 aromatic rings. The molecule has 0 spiro atoms. The topological polar surface area (TPSA) is 40.5 Å². The fourth-order valence-corrected chi connectivity index (χ4v) is 5.33. The summed E-state index contributed by atoms with van der Waals surface area (Å²) in [6.45, 7) is 0. The summed E-state index contributed by atoms with van der Waals surface area (Å²) in [6, 6.07) is 22.6. The van der Waals surface area contributed by atoms with Crippen LogP contribution in [0.15, 0.2) is 77.5 Å². The second-order valence-corrected chi connectivity index (χ2v) is 8.32. The van der Waals surface area contributed by atoms with Crippen molar-refractivity contribution in [1.29, 1.82) is 0 Å². The van der Waals surface area contributed by atoms with Gasteiger partial charge in [0.2, 0.25) is 0 Å². The van der Waals surface area contributed by atoms with Gasteiger partial charge in [0.25, 0.3) is 0 Å². The van der Waals surface area contributed by atoms with Gasteiger partial charge in [0.15, 0.2) is 0 Å². The van der Waals surface area contributed by atoms with Gasteiger partial charge in [-0.05, 0) is 49.9 Å². The molecule has 0 bridgehead atoms. The quantitative estimate of drug-likeness (QED) is 0.333. The van der Waals surface area contributed by atoms with Crippen LogP contribution >= 0.6 is 22.7 Å². The van der Waals surface area contributed by atoms with Crippen LogP contribution in [0.25, 0.3) is 42.4 Å². The van der Waals surface area contributed by atoms with E-state index in [2.05, 4.69) is 59.3 Å². The average molecular weight is 386 g/mol. The van der Waals surface area contributed by atoms with Gasteiger partial charge in [-0.2, -0.15) is 0 Å². The Kier molecular flexibility index (Phi) is 4.10. The highest BCUT2D eigenvalue weighted by molar-refractivity contribution is 7.14. The van der Waals surface area contributed by atoms with Crippen LogP contribution in [0.3, 0.4) is 0 Å². The third-order valence-electron chi connectivity index (χ3n) is 4.88. The molecule has 2 aromatic heterocycles. The van der Waals surface area contributed by atoms with Crippen LogP contribution in [-0.4, -0.2) is 17.2 Å². The van der Waals surface area contributed by atoms with Crippen LogP contribution in [0, 0.1) is 0 Å². The Morgan fingerprint density at radius 1 is 0.593 bits per heavy atom. The van der Waals surface area contributed by atoms with Gasteiger partial charge in [0.1, 0.15) is 0 Å². The maximum absolute atomic E-state index is 9.73. The van der Waals surface area contributed by atoms with Crippen LogP contribution in [-0.2, 0) is 0 Å². The lowest BCUT2D eigenvalue weighted by Crippen LogP contribution is -2.29. The van der Waals surface area contributed by atoms with E-state index in [1.165, 1.54) is 26.1 Å². The molecule has 130 valence electrons. The fraction of sp³-hybridized carbons (Fsp3) is 0. The Bertz CT molecular complexity index is 1240. The zero-order valence-corrected chi connectivity index (χ0v) is 15.9. The monoisotopic (exact) mass is 386 g/mol. The zero-order valence-electron chi connectivity index (χ0n) is 14.3. The molecule has 3 aromatic carbocycles. The first-order valence-corrected chi connectivity index (χ1v) is 10.4. The predicted molar refractivity (Wildman–Crippen MR) is 118 cm³/mol. The number of benzene rings is 3. The molecule has 0 amide bonds. The molecular weight excluding hydrogens is 371 g/mol. The van der Waals surface area contributed by atoms with Gasteiger partial charge in [0, 0.05) is 20.9 Å². The van der Waals surface area contributed by atoms with Crippen molar-refractivity contribution in [2.45, 2.75) is 0 Å². The third-order valence-corrected chi connectivity index (χ3v) is 6.66. The first kappa shape index (κ1) is 16.7. The minimum absolute atomic E-state index is 0.507. The Balaban J connectivity index is 2.03. The van der Waals surface area contributed by atoms with Gasteiger partial charge in [-0.15, -0.1) is 22.7 Å². The van der Waals surface area contributed by atoms with Crippen molar-refractivity contribution in [2.75, 3.05) is 0 Å². The Hall–Kier alpha value is -2.44. The minimum Gasteiger partial charge on any atom is -0.423 e. The van der Waals surface area contributed by atoms with Gasteiger partial charge in [-0.25, -0.2) is 0 Å². The van der Waals surface area contributed by atoms with E-state index in [9.17, 15) is 10.0 Å². The lowest BCUT2D eigenvalue weighted by Gasteiger charge is -2.16. The van der Waals surface area contributed by atoms with Gasteiger partial charge in [-0.1, -0.05) is 54.6 Å². The fourth-order valence-electron chi connectivity index (χ4n) is 3.73. The second kappa shape index (κ2) is 6.62. The largest absolute Gasteiger partial charge is 0.488 e. The van der Waals surface area contributed by atoms with E-state index >= 15 is 0 Å². The Morgan fingerprint density at radius 2 is 1.15 bits per heavy atom. The number of hydrogen-bond donors (Lipinski definition) is 2. The maximum atomic E-state index is 9.73. The third kappa shape index (κ3) is 2.71. The van der Waals surface area contributed by atoms with Gasteiger partial charge in [-0.3, -0.25) is 0 Å². The molecule has 0 saturated heterocycles. The standard InChI is InChI=1S/C22H15BO2S2/c24-23(25)14-9-10-17-18(13-14)22(20-8-4-12-27-20)16-6-2-1-5-15(16)21(17)19-7-3-11-26-19/h1-13,24-25H. The van der Waals surface area contributed by atoms with Crippen LogP contribution in [0.4, 0.5) is 0 Å². The van der Waals surface area contributed by atoms with E-state index in [-0.39, 0.29) is 0 Å². The molecule has 27 heavy (non-hydrogen) atoms. The summed E-state index contributed by atoms with van der Waals surface area (Å²) in [5, 5.41) is 28.2. The van der Waals surface area contributed by atoms with Crippen molar-refractivity contribution in [2.24, 2.45) is 0 Å². The molecule has 0 fully saturated rings. The van der Waals surface area contributed by atoms with E-state index in [4.69, 9.17) is 0 Å². The number of rotatable bonds is 3. The van der Waals surface area contributed by atoms with E-state index in [1.54, 1.807) is 28.7 Å². The molecule has 2 N–H and O–H groups in total. The predicted octanol–water partition coefficient (Wildman–Crippen LogP) is 5.13. The lowest BCUT2D eigenvalue weighted by atomic mass is 9.78. The van der Waals surface area contributed by atoms with Crippen LogP contribution < -0.4 is 5.46 Å². The molecular formula is C22H15BO2S2. The molecule has 0 radical (unpaired) electrons. The van der Waals surface area contributed by atoms with Crippen molar-refractivity contribution >= 4 is 56.8 Å². The number of thiophene rings is 2. The van der Waals surface area contributed by atoms with E-state index < -0.39 is 7.12 Å². The van der Waals surface area contributed by atoms with Gasteiger partial charge < -0.3 is 10.0 Å². The first-order chi connectivity index (χ1) is 13.2. The second-order valence-electron chi connectivity index (χ2n) is 6.43. The summed E-state index contributed by atoms with van der Waals surface area (Å²) in [7, 11) is -1.48. The van der Waals surface area contributed by atoms with Crippen molar-refractivity contribution in [3.8, 4) is 20.9 Å². The van der Waals surface area contributed by atoms with Crippen molar-refractivity contribution in [3.05, 3.63) is 77.5 Å². The molecule has 5 heteroatoms. The molecule has 0 aliphatic carbocycles. The van der Waals surface area contributed by atoms with E-state index in [0.29, 0.717) is 5.46 Å². The van der Waals surface area contributed by atoms with Gasteiger partial charge >= 0.3 is 7.12 Å². The summed E-state index contributed by atoms with van der Waals surface area (Å²) >= 11 is 3.42. The first-order valence-electron chi connectivity index (χ1n) is 8.66. The molecule has 2 heterocycles. The number of fused-ring (bicyclic) bond motifs is 2. The van der Waals surface area contributed by atoms with Crippen LogP contribution in [0.2, 0.25) is 0 Å². The van der Waals surface area contributed by atoms with Crippen LogP contribution in [0.5, 0.6) is 0 Å². The van der Waals surface area contributed by atoms with Crippen molar-refractivity contribution < 1.29 is 10.0 Å². The summed E-state index contributed by atoms with van der Waals surface area (Å²) < 4.78 is 0. The zero-order chi connectivity index (χ0) is 18.4.